The number of nitrogens with zero attached hydrogens (tertiary/aromatic N) is 2. The Balaban J connectivity index is 1.99. The Hall–Kier alpha value is -1.65. The molecule has 0 fully saturated rings. The summed E-state index contributed by atoms with van der Waals surface area (Å²) in [6.45, 7) is 4.81. The first-order valence-electron chi connectivity index (χ1n) is 6.85. The van der Waals surface area contributed by atoms with Crippen LogP contribution in [0.1, 0.15) is 28.5 Å². The molecule has 1 atom stereocenters. The summed E-state index contributed by atoms with van der Waals surface area (Å²) < 4.78 is 0. The van der Waals surface area contributed by atoms with Gasteiger partial charge in [0.1, 0.15) is 0 Å². The van der Waals surface area contributed by atoms with E-state index in [0.29, 0.717) is 6.54 Å². The van der Waals surface area contributed by atoms with Gasteiger partial charge >= 0.3 is 0 Å². The van der Waals surface area contributed by atoms with Crippen molar-refractivity contribution >= 4 is 22.7 Å². The number of nitrogens with two attached hydrogens (primary N) is 1. The molecule has 0 amide bonds. The molecular formula is C16H19N3S. The lowest BCUT2D eigenvalue weighted by molar-refractivity contribution is 0.721. The first kappa shape index (κ1) is 13.3. The molecule has 0 bridgehead atoms. The Kier molecular flexibility index (Phi) is 3.59. The first-order chi connectivity index (χ1) is 9.69. The molecule has 0 saturated carbocycles. The summed E-state index contributed by atoms with van der Waals surface area (Å²) in [5, 5.41) is 8.96. The fraction of sp³-hybridized carbons (Fsp3) is 0.312. The highest BCUT2D eigenvalue weighted by Gasteiger charge is 2.29. The number of anilines is 1. The zero-order valence-electron chi connectivity index (χ0n) is 11.8. The van der Waals surface area contributed by atoms with Crippen molar-refractivity contribution in [2.75, 3.05) is 11.6 Å². The van der Waals surface area contributed by atoms with Gasteiger partial charge in [0.25, 0.3) is 0 Å². The predicted octanol–water partition coefficient (Wildman–Crippen LogP) is 3.63. The summed E-state index contributed by atoms with van der Waals surface area (Å²) >= 11 is 1.78. The van der Waals surface area contributed by atoms with Gasteiger partial charge in [0.05, 0.1) is 17.4 Å². The van der Waals surface area contributed by atoms with E-state index < -0.39 is 0 Å². The third-order valence-corrected chi connectivity index (χ3v) is 4.81. The van der Waals surface area contributed by atoms with Gasteiger partial charge in [0, 0.05) is 17.8 Å². The van der Waals surface area contributed by atoms with Gasteiger partial charge in [0.2, 0.25) is 0 Å². The summed E-state index contributed by atoms with van der Waals surface area (Å²) in [7, 11) is 0. The molecule has 2 aromatic rings. The SMILES string of the molecule is Cc1ccc(N2N=C(CN)CC2c2cccs2)cc1C. The van der Waals surface area contributed by atoms with Gasteiger partial charge < -0.3 is 5.73 Å². The average molecular weight is 285 g/mol. The van der Waals surface area contributed by atoms with Crippen molar-refractivity contribution < 1.29 is 0 Å². The van der Waals surface area contributed by atoms with E-state index in [0.717, 1.165) is 17.8 Å². The Morgan fingerprint density at radius 2 is 2.15 bits per heavy atom. The van der Waals surface area contributed by atoms with Crippen molar-refractivity contribution in [3.05, 3.63) is 51.7 Å². The van der Waals surface area contributed by atoms with E-state index in [2.05, 4.69) is 54.6 Å². The number of hydrogen-bond acceptors (Lipinski definition) is 4. The monoisotopic (exact) mass is 285 g/mol. The predicted molar refractivity (Wildman–Crippen MR) is 86.6 cm³/mol. The highest BCUT2D eigenvalue weighted by molar-refractivity contribution is 7.10. The molecule has 2 heterocycles. The normalized spacial score (nSPS) is 18.4. The molecular weight excluding hydrogens is 266 g/mol. The summed E-state index contributed by atoms with van der Waals surface area (Å²) in [6.07, 6.45) is 0.921. The van der Waals surface area contributed by atoms with E-state index in [-0.39, 0.29) is 6.04 Å². The van der Waals surface area contributed by atoms with Crippen LogP contribution in [-0.2, 0) is 0 Å². The van der Waals surface area contributed by atoms with Crippen molar-refractivity contribution in [3.8, 4) is 0 Å². The van der Waals surface area contributed by atoms with Crippen LogP contribution in [0, 0.1) is 13.8 Å². The van der Waals surface area contributed by atoms with E-state index in [4.69, 9.17) is 10.8 Å². The number of hydrogen-bond donors (Lipinski definition) is 1. The third kappa shape index (κ3) is 2.37. The van der Waals surface area contributed by atoms with Crippen molar-refractivity contribution in [3.63, 3.8) is 0 Å². The van der Waals surface area contributed by atoms with Crippen molar-refractivity contribution in [1.29, 1.82) is 0 Å². The second-order valence-electron chi connectivity index (χ2n) is 5.22. The molecule has 1 unspecified atom stereocenters. The van der Waals surface area contributed by atoms with Gasteiger partial charge in [-0.05, 0) is 48.6 Å². The van der Waals surface area contributed by atoms with Crippen LogP contribution in [0.3, 0.4) is 0 Å². The van der Waals surface area contributed by atoms with Crippen LogP contribution < -0.4 is 10.7 Å². The highest BCUT2D eigenvalue weighted by atomic mass is 32.1. The summed E-state index contributed by atoms with van der Waals surface area (Å²) in [6, 6.07) is 11.1. The van der Waals surface area contributed by atoms with Gasteiger partial charge in [-0.25, -0.2) is 0 Å². The van der Waals surface area contributed by atoms with E-state index in [9.17, 15) is 0 Å². The van der Waals surface area contributed by atoms with Crippen molar-refractivity contribution in [2.45, 2.75) is 26.3 Å². The summed E-state index contributed by atoms with van der Waals surface area (Å²) in [5.41, 5.74) is 10.6. The Labute approximate surface area is 123 Å². The lowest BCUT2D eigenvalue weighted by Gasteiger charge is -2.23. The minimum atomic E-state index is 0.288. The molecule has 0 saturated heterocycles. The van der Waals surface area contributed by atoms with E-state index >= 15 is 0 Å². The minimum absolute atomic E-state index is 0.288. The molecule has 20 heavy (non-hydrogen) atoms. The third-order valence-electron chi connectivity index (χ3n) is 3.84. The standard InChI is InChI=1S/C16H19N3S/c1-11-5-6-14(8-12(11)2)19-15(9-13(10-17)18-19)16-4-3-7-20-16/h3-8,15H,9-10,17H2,1-2H3. The molecule has 104 valence electrons. The molecule has 1 aromatic heterocycles. The smallest absolute Gasteiger partial charge is 0.0920 e. The largest absolute Gasteiger partial charge is 0.325 e. The van der Waals surface area contributed by atoms with Gasteiger partial charge in [-0.1, -0.05) is 12.1 Å². The fourth-order valence-corrected chi connectivity index (χ4v) is 3.32. The second-order valence-corrected chi connectivity index (χ2v) is 6.20. The maximum Gasteiger partial charge on any atom is 0.0920 e. The lowest BCUT2D eigenvalue weighted by Crippen LogP contribution is -2.17. The van der Waals surface area contributed by atoms with Crippen LogP contribution in [0.5, 0.6) is 0 Å². The molecule has 4 heteroatoms. The number of benzene rings is 1. The van der Waals surface area contributed by atoms with Gasteiger partial charge in [-0.3, -0.25) is 5.01 Å². The van der Waals surface area contributed by atoms with Crippen LogP contribution in [0.2, 0.25) is 0 Å². The molecule has 1 aliphatic rings. The van der Waals surface area contributed by atoms with E-state index in [1.165, 1.54) is 16.0 Å². The maximum absolute atomic E-state index is 5.79. The molecule has 2 N–H and O–H groups in total. The summed E-state index contributed by atoms with van der Waals surface area (Å²) in [5.74, 6) is 0. The molecule has 1 aliphatic heterocycles. The second kappa shape index (κ2) is 5.38. The molecule has 1 aromatic carbocycles. The number of hydrazone groups is 1. The first-order valence-corrected chi connectivity index (χ1v) is 7.73. The fourth-order valence-electron chi connectivity index (χ4n) is 2.50. The molecule has 0 radical (unpaired) electrons. The van der Waals surface area contributed by atoms with Crippen molar-refractivity contribution in [1.82, 2.24) is 0 Å². The molecule has 3 rings (SSSR count). The zero-order valence-corrected chi connectivity index (χ0v) is 12.7. The molecule has 0 spiro atoms. The van der Waals surface area contributed by atoms with Gasteiger partial charge in [0.15, 0.2) is 0 Å². The maximum atomic E-state index is 5.79. The van der Waals surface area contributed by atoms with Crippen molar-refractivity contribution in [2.24, 2.45) is 10.8 Å². The van der Waals surface area contributed by atoms with E-state index in [1.807, 2.05) is 0 Å². The number of thiophene rings is 1. The van der Waals surface area contributed by atoms with Crippen LogP contribution in [-0.4, -0.2) is 12.3 Å². The number of rotatable bonds is 3. The molecule has 3 nitrogen and oxygen atoms in total. The Morgan fingerprint density at radius 1 is 1.30 bits per heavy atom. The van der Waals surface area contributed by atoms with Gasteiger partial charge in [-0.15, -0.1) is 11.3 Å². The highest BCUT2D eigenvalue weighted by Crippen LogP contribution is 2.37. The summed E-state index contributed by atoms with van der Waals surface area (Å²) in [4.78, 5) is 1.34. The minimum Gasteiger partial charge on any atom is -0.325 e. The van der Waals surface area contributed by atoms with Crippen LogP contribution in [0.4, 0.5) is 5.69 Å². The van der Waals surface area contributed by atoms with Gasteiger partial charge in [-0.2, -0.15) is 5.10 Å². The topological polar surface area (TPSA) is 41.6 Å². The van der Waals surface area contributed by atoms with Crippen LogP contribution >= 0.6 is 11.3 Å². The van der Waals surface area contributed by atoms with Crippen LogP contribution in [0.15, 0.2) is 40.8 Å². The molecule has 0 aliphatic carbocycles. The zero-order chi connectivity index (χ0) is 14.1. The lowest BCUT2D eigenvalue weighted by atomic mass is 10.1. The Morgan fingerprint density at radius 3 is 2.80 bits per heavy atom. The number of aryl methyl sites for hydroxylation is 2. The van der Waals surface area contributed by atoms with E-state index in [1.54, 1.807) is 11.3 Å². The Bertz CT molecular complexity index is 631. The average Bonchev–Trinajstić information content (AvgIpc) is 3.09. The van der Waals surface area contributed by atoms with Crippen LogP contribution in [0.25, 0.3) is 0 Å². The quantitative estimate of drug-likeness (QED) is 0.935.